The van der Waals surface area contributed by atoms with E-state index in [-0.39, 0.29) is 12.4 Å². The second-order valence-electron chi connectivity index (χ2n) is 7.52. The number of piperidine rings is 1. The molecule has 0 saturated carbocycles. The maximum absolute atomic E-state index is 14.7. The van der Waals surface area contributed by atoms with Crippen molar-refractivity contribution < 1.29 is 14.0 Å². The van der Waals surface area contributed by atoms with Crippen molar-refractivity contribution in [3.05, 3.63) is 59.7 Å². The monoisotopic (exact) mass is 381 g/mol. The van der Waals surface area contributed by atoms with Crippen molar-refractivity contribution in [3.63, 3.8) is 0 Å². The maximum Gasteiger partial charge on any atom is 0.227 e. The van der Waals surface area contributed by atoms with Gasteiger partial charge < -0.3 is 14.5 Å². The predicted molar refractivity (Wildman–Crippen MR) is 105 cm³/mol. The van der Waals surface area contributed by atoms with Crippen LogP contribution >= 0.6 is 0 Å². The van der Waals surface area contributed by atoms with E-state index in [0.29, 0.717) is 17.4 Å². The molecule has 5 nitrogen and oxygen atoms in total. The molecule has 3 aromatic rings. The first kappa shape index (κ1) is 18.8. The fourth-order valence-electron chi connectivity index (χ4n) is 3.69. The zero-order chi connectivity index (χ0) is 19.5. The van der Waals surface area contributed by atoms with E-state index in [1.165, 1.54) is 6.07 Å². The van der Waals surface area contributed by atoms with Crippen LogP contribution in [0.1, 0.15) is 24.3 Å². The number of nitrogens with zero attached hydrogens (tertiary/aromatic N) is 3. The van der Waals surface area contributed by atoms with Crippen LogP contribution in [-0.4, -0.2) is 40.3 Å². The van der Waals surface area contributed by atoms with Crippen LogP contribution in [-0.2, 0) is 13.0 Å². The Kier molecular flexibility index (Phi) is 5.50. The van der Waals surface area contributed by atoms with Gasteiger partial charge in [-0.1, -0.05) is 29.4 Å². The zero-order valence-electron chi connectivity index (χ0n) is 15.9. The molecule has 0 amide bonds. The first-order chi connectivity index (χ1) is 13.6. The third kappa shape index (κ3) is 4.13. The summed E-state index contributed by atoms with van der Waals surface area (Å²) in [5.74, 6) is 1.01. The highest BCUT2D eigenvalue weighted by molar-refractivity contribution is 5.68. The number of hydrogen-bond acceptors (Lipinski definition) is 5. The third-order valence-electron chi connectivity index (χ3n) is 5.42. The SMILES string of the molecule is CN1CCC(Cc2nc(-c3ccc(-c4cccc(CO)c4)cc3F)no2)CC1. The van der Waals surface area contributed by atoms with Crippen LogP contribution in [0.4, 0.5) is 4.39 Å². The van der Waals surface area contributed by atoms with E-state index in [9.17, 15) is 9.50 Å². The number of rotatable bonds is 5. The molecule has 146 valence electrons. The zero-order valence-corrected chi connectivity index (χ0v) is 15.9. The maximum atomic E-state index is 14.7. The Labute approximate surface area is 163 Å². The molecule has 0 bridgehead atoms. The minimum absolute atomic E-state index is 0.0443. The molecule has 0 aliphatic carbocycles. The summed E-state index contributed by atoms with van der Waals surface area (Å²) in [4.78, 5) is 6.74. The van der Waals surface area contributed by atoms with E-state index >= 15 is 0 Å². The molecule has 4 rings (SSSR count). The molecular formula is C22H24FN3O2. The summed E-state index contributed by atoms with van der Waals surface area (Å²) in [6.45, 7) is 2.12. The quantitative estimate of drug-likeness (QED) is 0.726. The van der Waals surface area contributed by atoms with E-state index < -0.39 is 5.82 Å². The molecule has 2 aromatic carbocycles. The Bertz CT molecular complexity index is 948. The van der Waals surface area contributed by atoms with Crippen molar-refractivity contribution in [1.82, 2.24) is 15.0 Å². The molecule has 28 heavy (non-hydrogen) atoms. The lowest BCUT2D eigenvalue weighted by molar-refractivity contribution is 0.208. The average Bonchev–Trinajstić information content (AvgIpc) is 3.18. The highest BCUT2D eigenvalue weighted by atomic mass is 19.1. The molecule has 0 atom stereocenters. The Morgan fingerprint density at radius 1 is 1.14 bits per heavy atom. The minimum atomic E-state index is -0.390. The van der Waals surface area contributed by atoms with Crippen LogP contribution in [0, 0.1) is 11.7 Å². The standard InChI is InChI=1S/C22H24FN3O2/c1-26-9-7-15(8-10-26)12-21-24-22(25-28-21)19-6-5-18(13-20(19)23)17-4-2-3-16(11-17)14-27/h2-6,11,13,15,27H,7-10,12,14H2,1H3. The summed E-state index contributed by atoms with van der Waals surface area (Å²) in [5.41, 5.74) is 2.72. The van der Waals surface area contributed by atoms with E-state index in [1.807, 2.05) is 30.3 Å². The summed E-state index contributed by atoms with van der Waals surface area (Å²) in [6, 6.07) is 12.4. The highest BCUT2D eigenvalue weighted by Gasteiger charge is 2.21. The van der Waals surface area contributed by atoms with Gasteiger partial charge in [-0.25, -0.2) is 4.39 Å². The van der Waals surface area contributed by atoms with Crippen molar-refractivity contribution in [2.75, 3.05) is 20.1 Å². The first-order valence-electron chi connectivity index (χ1n) is 9.63. The van der Waals surface area contributed by atoms with Gasteiger partial charge in [0.25, 0.3) is 0 Å². The van der Waals surface area contributed by atoms with E-state index in [2.05, 4.69) is 22.1 Å². The number of aromatic nitrogens is 2. The second kappa shape index (κ2) is 8.20. The predicted octanol–water partition coefficient (Wildman–Crippen LogP) is 3.92. The number of aliphatic hydroxyl groups is 1. The van der Waals surface area contributed by atoms with Crippen LogP contribution in [0.2, 0.25) is 0 Å². The van der Waals surface area contributed by atoms with Crippen molar-refractivity contribution in [2.45, 2.75) is 25.9 Å². The van der Waals surface area contributed by atoms with E-state index in [0.717, 1.165) is 49.0 Å². The number of benzene rings is 2. The summed E-state index contributed by atoms with van der Waals surface area (Å²) in [7, 11) is 2.13. The lowest BCUT2D eigenvalue weighted by Crippen LogP contribution is -2.30. The fraction of sp³-hybridized carbons (Fsp3) is 0.364. The third-order valence-corrected chi connectivity index (χ3v) is 5.42. The normalized spacial score (nSPS) is 15.8. The lowest BCUT2D eigenvalue weighted by atomic mass is 9.94. The second-order valence-corrected chi connectivity index (χ2v) is 7.52. The topological polar surface area (TPSA) is 62.4 Å². The van der Waals surface area contributed by atoms with Gasteiger partial charge in [-0.05, 0) is 73.8 Å². The Morgan fingerprint density at radius 2 is 1.93 bits per heavy atom. The first-order valence-corrected chi connectivity index (χ1v) is 9.63. The van der Waals surface area contributed by atoms with Gasteiger partial charge in [-0.15, -0.1) is 0 Å². The summed E-state index contributed by atoms with van der Waals surface area (Å²) in [5, 5.41) is 13.3. The molecule has 1 aliphatic heterocycles. The van der Waals surface area contributed by atoms with Gasteiger partial charge in [0.1, 0.15) is 5.82 Å². The van der Waals surface area contributed by atoms with Gasteiger partial charge in [0.05, 0.1) is 12.2 Å². The molecule has 6 heteroatoms. The minimum Gasteiger partial charge on any atom is -0.392 e. The van der Waals surface area contributed by atoms with E-state index in [1.54, 1.807) is 6.07 Å². The number of likely N-dealkylation sites (tertiary alicyclic amines) is 1. The Balaban J connectivity index is 1.51. The number of hydrogen-bond donors (Lipinski definition) is 1. The molecule has 2 heterocycles. The fourth-order valence-corrected chi connectivity index (χ4v) is 3.69. The van der Waals surface area contributed by atoms with Crippen LogP contribution in [0.15, 0.2) is 47.0 Å². The number of aliphatic hydroxyl groups excluding tert-OH is 1. The largest absolute Gasteiger partial charge is 0.392 e. The molecule has 1 aliphatic rings. The Morgan fingerprint density at radius 3 is 2.68 bits per heavy atom. The van der Waals surface area contributed by atoms with Gasteiger partial charge in [-0.3, -0.25) is 0 Å². The average molecular weight is 381 g/mol. The van der Waals surface area contributed by atoms with Crippen LogP contribution in [0.5, 0.6) is 0 Å². The van der Waals surface area contributed by atoms with Gasteiger partial charge in [0, 0.05) is 6.42 Å². The summed E-state index contributed by atoms with van der Waals surface area (Å²) in [6.07, 6.45) is 2.98. The van der Waals surface area contributed by atoms with Crippen LogP contribution in [0.25, 0.3) is 22.5 Å². The van der Waals surface area contributed by atoms with Crippen LogP contribution in [0.3, 0.4) is 0 Å². The van der Waals surface area contributed by atoms with Crippen LogP contribution < -0.4 is 0 Å². The summed E-state index contributed by atoms with van der Waals surface area (Å²) >= 11 is 0. The molecule has 1 aromatic heterocycles. The molecule has 0 unspecified atom stereocenters. The molecule has 1 N–H and O–H groups in total. The lowest BCUT2D eigenvalue weighted by Gasteiger charge is -2.27. The highest BCUT2D eigenvalue weighted by Crippen LogP contribution is 2.28. The van der Waals surface area contributed by atoms with Gasteiger partial charge >= 0.3 is 0 Å². The van der Waals surface area contributed by atoms with Crippen molar-refractivity contribution in [1.29, 1.82) is 0 Å². The van der Waals surface area contributed by atoms with Gasteiger partial charge in [0.15, 0.2) is 0 Å². The molecule has 0 spiro atoms. The number of halogens is 1. The smallest absolute Gasteiger partial charge is 0.227 e. The van der Waals surface area contributed by atoms with E-state index in [4.69, 9.17) is 4.52 Å². The molecular weight excluding hydrogens is 357 g/mol. The molecule has 0 radical (unpaired) electrons. The Hall–Kier alpha value is -2.57. The van der Waals surface area contributed by atoms with Gasteiger partial charge in [0.2, 0.25) is 11.7 Å². The summed E-state index contributed by atoms with van der Waals surface area (Å²) < 4.78 is 20.1. The van der Waals surface area contributed by atoms with Gasteiger partial charge in [-0.2, -0.15) is 4.98 Å². The van der Waals surface area contributed by atoms with Crippen molar-refractivity contribution in [3.8, 4) is 22.5 Å². The molecule has 1 fully saturated rings. The van der Waals surface area contributed by atoms with Crippen molar-refractivity contribution in [2.24, 2.45) is 5.92 Å². The van der Waals surface area contributed by atoms with Crippen molar-refractivity contribution >= 4 is 0 Å². The molecule has 1 saturated heterocycles.